The molecule has 0 aliphatic carbocycles. The average Bonchev–Trinajstić information content (AvgIpc) is 3.42. The second-order valence-electron chi connectivity index (χ2n) is 7.16. The molecule has 0 saturated heterocycles. The first-order valence-corrected chi connectivity index (χ1v) is 11.3. The number of nitrogens with zero attached hydrogens (tertiary/aromatic N) is 6. The number of nitriles is 1. The molecule has 166 valence electrons. The largest absolute Gasteiger partial charge is 0.368 e. The normalized spacial score (nSPS) is 11.6. The van der Waals surface area contributed by atoms with Crippen LogP contribution in [0, 0.1) is 11.3 Å². The molecule has 0 saturated carbocycles. The van der Waals surface area contributed by atoms with E-state index in [1.54, 1.807) is 4.57 Å². The lowest BCUT2D eigenvalue weighted by molar-refractivity contribution is -0.119. The Hall–Kier alpha value is -4.10. The van der Waals surface area contributed by atoms with Crippen LogP contribution in [0.25, 0.3) is 5.69 Å². The Morgan fingerprint density at radius 1 is 1.15 bits per heavy atom. The van der Waals surface area contributed by atoms with Gasteiger partial charge in [0.1, 0.15) is 17.7 Å². The highest BCUT2D eigenvalue weighted by atomic mass is 32.2. The quantitative estimate of drug-likeness (QED) is 0.384. The minimum atomic E-state index is -0.663. The van der Waals surface area contributed by atoms with E-state index in [4.69, 9.17) is 5.73 Å². The van der Waals surface area contributed by atoms with Gasteiger partial charge in [0.15, 0.2) is 11.0 Å². The minimum Gasteiger partial charge on any atom is -0.368 e. The molecule has 0 bridgehead atoms. The predicted molar refractivity (Wildman–Crippen MR) is 127 cm³/mol. The smallest absolute Gasteiger partial charge is 0.248 e. The maximum Gasteiger partial charge on any atom is 0.248 e. The number of nitrogen functional groups attached to an aromatic ring is 1. The molecule has 1 atom stereocenters. The van der Waals surface area contributed by atoms with Crippen molar-refractivity contribution in [1.82, 2.24) is 24.5 Å². The van der Waals surface area contributed by atoms with E-state index in [0.29, 0.717) is 23.1 Å². The van der Waals surface area contributed by atoms with Crippen LogP contribution >= 0.6 is 11.8 Å². The van der Waals surface area contributed by atoms with E-state index in [2.05, 4.69) is 26.7 Å². The van der Waals surface area contributed by atoms with Crippen LogP contribution < -0.4 is 11.1 Å². The molecule has 4 aromatic rings. The highest BCUT2D eigenvalue weighted by Crippen LogP contribution is 2.29. The van der Waals surface area contributed by atoms with Gasteiger partial charge < -0.3 is 11.1 Å². The van der Waals surface area contributed by atoms with Crippen LogP contribution in [0.5, 0.6) is 0 Å². The molecule has 0 aliphatic rings. The number of para-hydroxylation sites is 1. The van der Waals surface area contributed by atoms with Crippen LogP contribution in [0.15, 0.2) is 72.0 Å². The standard InChI is InChI=1S/C23H22N8OS/c1-2-19(30-22(25)28-29-23(30)33-15-16-9-5-3-6-10-16)21(32)27-20-17(13-24)14-26-31(20)18-11-7-4-8-12-18/h3-12,14,19H,2,15H2,1H3,(H2,25,28)(H,27,32). The molecule has 0 fully saturated rings. The number of anilines is 2. The van der Waals surface area contributed by atoms with Crippen LogP contribution in [0.3, 0.4) is 0 Å². The fourth-order valence-corrected chi connectivity index (χ4v) is 4.35. The van der Waals surface area contributed by atoms with Gasteiger partial charge in [-0.1, -0.05) is 67.2 Å². The molecule has 2 aromatic carbocycles. The second-order valence-corrected chi connectivity index (χ2v) is 8.11. The Kier molecular flexibility index (Phi) is 6.71. The van der Waals surface area contributed by atoms with Crippen LogP contribution in [0.2, 0.25) is 0 Å². The third-order valence-corrected chi connectivity index (χ3v) is 6.05. The Morgan fingerprint density at radius 2 is 1.85 bits per heavy atom. The third kappa shape index (κ3) is 4.73. The maximum absolute atomic E-state index is 13.4. The Balaban J connectivity index is 1.60. The van der Waals surface area contributed by atoms with Crippen LogP contribution in [0.4, 0.5) is 11.8 Å². The van der Waals surface area contributed by atoms with Crippen molar-refractivity contribution in [3.05, 3.63) is 78.0 Å². The van der Waals surface area contributed by atoms with Crippen molar-refractivity contribution in [2.45, 2.75) is 30.3 Å². The molecule has 1 amide bonds. The monoisotopic (exact) mass is 458 g/mol. The zero-order chi connectivity index (χ0) is 23.2. The summed E-state index contributed by atoms with van der Waals surface area (Å²) in [6.07, 6.45) is 1.88. The van der Waals surface area contributed by atoms with Gasteiger partial charge in [-0.25, -0.2) is 4.68 Å². The lowest BCUT2D eigenvalue weighted by atomic mass is 10.2. The highest BCUT2D eigenvalue weighted by molar-refractivity contribution is 7.98. The fraction of sp³-hybridized carbons (Fsp3) is 0.174. The molecular formula is C23H22N8OS. The molecule has 2 aromatic heterocycles. The first kappa shape index (κ1) is 22.1. The van der Waals surface area contributed by atoms with Crippen molar-refractivity contribution < 1.29 is 4.79 Å². The van der Waals surface area contributed by atoms with Crippen LogP contribution in [0.1, 0.15) is 30.5 Å². The molecule has 10 heteroatoms. The Morgan fingerprint density at radius 3 is 2.52 bits per heavy atom. The van der Waals surface area contributed by atoms with Crippen molar-refractivity contribution in [2.75, 3.05) is 11.1 Å². The van der Waals surface area contributed by atoms with Crippen LogP contribution in [-0.4, -0.2) is 30.5 Å². The van der Waals surface area contributed by atoms with E-state index in [9.17, 15) is 10.1 Å². The van der Waals surface area contributed by atoms with Gasteiger partial charge in [-0.2, -0.15) is 10.4 Å². The maximum atomic E-state index is 13.4. The molecule has 3 N–H and O–H groups in total. The topological polar surface area (TPSA) is 127 Å². The number of nitrogens with one attached hydrogen (secondary N) is 1. The summed E-state index contributed by atoms with van der Waals surface area (Å²) < 4.78 is 3.17. The number of thioether (sulfide) groups is 1. The minimum absolute atomic E-state index is 0.157. The molecule has 0 radical (unpaired) electrons. The van der Waals surface area contributed by atoms with Gasteiger partial charge in [0.2, 0.25) is 11.9 Å². The van der Waals surface area contributed by atoms with Crippen molar-refractivity contribution in [1.29, 1.82) is 5.26 Å². The molecule has 4 rings (SSSR count). The first-order chi connectivity index (χ1) is 16.1. The summed E-state index contributed by atoms with van der Waals surface area (Å²) in [7, 11) is 0. The number of benzene rings is 2. The van der Waals surface area contributed by atoms with Gasteiger partial charge in [-0.15, -0.1) is 10.2 Å². The van der Waals surface area contributed by atoms with Gasteiger partial charge in [0.25, 0.3) is 0 Å². The number of nitrogens with two attached hydrogens (primary N) is 1. The number of hydrogen-bond acceptors (Lipinski definition) is 7. The first-order valence-electron chi connectivity index (χ1n) is 10.3. The van der Waals surface area contributed by atoms with E-state index in [1.165, 1.54) is 22.6 Å². The molecule has 0 aliphatic heterocycles. The van der Waals surface area contributed by atoms with Gasteiger partial charge >= 0.3 is 0 Å². The summed E-state index contributed by atoms with van der Waals surface area (Å²) in [4.78, 5) is 13.4. The number of amides is 1. The molecule has 2 heterocycles. The van der Waals surface area contributed by atoms with Gasteiger partial charge in [-0.05, 0) is 24.1 Å². The summed E-state index contributed by atoms with van der Waals surface area (Å²) in [5, 5.41) is 25.4. The summed E-state index contributed by atoms with van der Waals surface area (Å²) in [6.45, 7) is 1.88. The SMILES string of the molecule is CCC(C(=O)Nc1c(C#N)cnn1-c1ccccc1)n1c(N)nnc1SCc1ccccc1. The van der Waals surface area contributed by atoms with Gasteiger partial charge in [0.05, 0.1) is 11.9 Å². The van der Waals surface area contributed by atoms with Gasteiger partial charge in [-0.3, -0.25) is 9.36 Å². The molecule has 1 unspecified atom stereocenters. The van der Waals surface area contributed by atoms with E-state index < -0.39 is 6.04 Å². The molecule has 33 heavy (non-hydrogen) atoms. The van der Waals surface area contributed by atoms with E-state index in [1.807, 2.05) is 67.6 Å². The van der Waals surface area contributed by atoms with Crippen LogP contribution in [-0.2, 0) is 10.5 Å². The number of hydrogen-bond donors (Lipinski definition) is 2. The van der Waals surface area contributed by atoms with Crippen molar-refractivity contribution in [3.8, 4) is 11.8 Å². The Bertz CT molecular complexity index is 1280. The zero-order valence-electron chi connectivity index (χ0n) is 17.9. The number of aromatic nitrogens is 5. The van der Waals surface area contributed by atoms with Crippen molar-refractivity contribution >= 4 is 29.4 Å². The van der Waals surface area contributed by atoms with E-state index in [0.717, 1.165) is 11.3 Å². The summed E-state index contributed by atoms with van der Waals surface area (Å²) >= 11 is 1.46. The predicted octanol–water partition coefficient (Wildman–Crippen LogP) is 3.80. The summed E-state index contributed by atoms with van der Waals surface area (Å²) in [6, 6.07) is 20.7. The highest BCUT2D eigenvalue weighted by Gasteiger charge is 2.27. The van der Waals surface area contributed by atoms with Crippen molar-refractivity contribution in [2.24, 2.45) is 0 Å². The average molecular weight is 459 g/mol. The number of carbonyl (C=O) groups excluding carboxylic acids is 1. The Labute approximate surface area is 195 Å². The second kappa shape index (κ2) is 10.0. The van der Waals surface area contributed by atoms with Crippen molar-refractivity contribution in [3.63, 3.8) is 0 Å². The molecule has 9 nitrogen and oxygen atoms in total. The summed E-state index contributed by atoms with van der Waals surface area (Å²) in [5.41, 5.74) is 8.21. The zero-order valence-corrected chi connectivity index (χ0v) is 18.7. The molecule has 0 spiro atoms. The summed E-state index contributed by atoms with van der Waals surface area (Å²) in [5.74, 6) is 0.790. The van der Waals surface area contributed by atoms with E-state index >= 15 is 0 Å². The molecular weight excluding hydrogens is 436 g/mol. The lowest BCUT2D eigenvalue weighted by Gasteiger charge is -2.19. The van der Waals surface area contributed by atoms with Gasteiger partial charge in [0, 0.05) is 5.75 Å². The number of carbonyl (C=O) groups is 1. The van der Waals surface area contributed by atoms with E-state index in [-0.39, 0.29) is 17.4 Å². The number of rotatable bonds is 8. The fourth-order valence-electron chi connectivity index (χ4n) is 3.40. The third-order valence-electron chi connectivity index (χ3n) is 5.03. The lowest BCUT2D eigenvalue weighted by Crippen LogP contribution is -2.28.